The van der Waals surface area contributed by atoms with Crippen LogP contribution < -0.4 is 0 Å². The van der Waals surface area contributed by atoms with E-state index in [1.54, 1.807) is 0 Å². The first-order valence-electron chi connectivity index (χ1n) is 26.6. The van der Waals surface area contributed by atoms with Crippen molar-refractivity contribution in [2.45, 2.75) is 277 Å². The monoisotopic (exact) mass is 869 g/mol. The molecule has 1 atom stereocenters. The van der Waals surface area contributed by atoms with Crippen molar-refractivity contribution in [2.75, 3.05) is 13.2 Å². The molecule has 0 aromatic rings. The van der Waals surface area contributed by atoms with Crippen LogP contribution in [0.2, 0.25) is 0 Å². The number of hydrogen-bond acceptors (Lipinski definition) is 6. The van der Waals surface area contributed by atoms with E-state index in [9.17, 15) is 14.4 Å². The summed E-state index contributed by atoms with van der Waals surface area (Å²) in [6.45, 7) is 6.56. The molecule has 0 rings (SSSR count). The lowest BCUT2D eigenvalue weighted by Crippen LogP contribution is -2.30. The fourth-order valence-electron chi connectivity index (χ4n) is 7.50. The van der Waals surface area contributed by atoms with Gasteiger partial charge in [0.05, 0.1) is 0 Å². The number of esters is 3. The van der Waals surface area contributed by atoms with Crippen molar-refractivity contribution in [3.63, 3.8) is 0 Å². The number of unbranched alkanes of at least 4 members (excludes halogenated alkanes) is 29. The van der Waals surface area contributed by atoms with E-state index in [1.807, 2.05) is 0 Å². The fraction of sp³-hybridized carbons (Fsp3) is 0.804. The molecule has 0 bridgehead atoms. The van der Waals surface area contributed by atoms with Gasteiger partial charge in [-0.1, -0.05) is 230 Å². The van der Waals surface area contributed by atoms with Gasteiger partial charge in [0.15, 0.2) is 6.10 Å². The summed E-state index contributed by atoms with van der Waals surface area (Å²) >= 11 is 0. The third-order valence-electron chi connectivity index (χ3n) is 11.6. The molecule has 0 aromatic heterocycles. The molecular formula is C56H100O6. The van der Waals surface area contributed by atoms with Crippen molar-refractivity contribution >= 4 is 17.9 Å². The second-order valence-electron chi connectivity index (χ2n) is 17.8. The number of carbonyl (C=O) groups is 3. The van der Waals surface area contributed by atoms with Crippen LogP contribution in [0.25, 0.3) is 0 Å². The quantitative estimate of drug-likeness (QED) is 0.0262. The highest BCUT2D eigenvalue weighted by molar-refractivity contribution is 5.71. The van der Waals surface area contributed by atoms with Gasteiger partial charge in [-0.05, 0) is 70.6 Å². The summed E-state index contributed by atoms with van der Waals surface area (Å²) in [5.41, 5.74) is 0. The SMILES string of the molecule is CCCC/C=C\CCCCCCCC(=O)OCC(COC(=O)CCC/C=C\C/C=C\C/C=C\CCCCCCCC)OC(=O)CCCCCCCCCCCCCCCCCC. The van der Waals surface area contributed by atoms with Crippen LogP contribution >= 0.6 is 0 Å². The molecule has 0 spiro atoms. The number of rotatable bonds is 48. The van der Waals surface area contributed by atoms with Crippen LogP contribution in [0.1, 0.15) is 271 Å². The zero-order chi connectivity index (χ0) is 45.1. The Morgan fingerprint density at radius 3 is 1.03 bits per heavy atom. The molecule has 1 unspecified atom stereocenters. The van der Waals surface area contributed by atoms with Crippen LogP contribution in [0, 0.1) is 0 Å². The van der Waals surface area contributed by atoms with Crippen LogP contribution in [0.3, 0.4) is 0 Å². The van der Waals surface area contributed by atoms with E-state index in [-0.39, 0.29) is 31.1 Å². The summed E-state index contributed by atoms with van der Waals surface area (Å²) in [5.74, 6) is -0.945. The number of allylic oxidation sites excluding steroid dienone is 8. The highest BCUT2D eigenvalue weighted by Gasteiger charge is 2.19. The topological polar surface area (TPSA) is 78.9 Å². The molecule has 0 N–H and O–H groups in total. The predicted molar refractivity (Wildman–Crippen MR) is 265 cm³/mol. The van der Waals surface area contributed by atoms with E-state index in [1.165, 1.54) is 161 Å². The smallest absolute Gasteiger partial charge is 0.306 e. The molecule has 0 aliphatic rings. The van der Waals surface area contributed by atoms with Crippen LogP contribution in [-0.4, -0.2) is 37.2 Å². The fourth-order valence-corrected chi connectivity index (χ4v) is 7.50. The largest absolute Gasteiger partial charge is 0.462 e. The number of carbonyl (C=O) groups excluding carboxylic acids is 3. The highest BCUT2D eigenvalue weighted by Crippen LogP contribution is 2.15. The first-order chi connectivity index (χ1) is 30.5. The Morgan fingerprint density at radius 1 is 0.323 bits per heavy atom. The van der Waals surface area contributed by atoms with Crippen molar-refractivity contribution in [3.05, 3.63) is 48.6 Å². The maximum absolute atomic E-state index is 12.8. The van der Waals surface area contributed by atoms with Crippen molar-refractivity contribution in [1.29, 1.82) is 0 Å². The van der Waals surface area contributed by atoms with Crippen molar-refractivity contribution in [3.8, 4) is 0 Å². The normalized spacial score (nSPS) is 12.4. The van der Waals surface area contributed by atoms with Crippen LogP contribution in [0.5, 0.6) is 0 Å². The van der Waals surface area contributed by atoms with Gasteiger partial charge in [-0.2, -0.15) is 0 Å². The summed E-state index contributed by atoms with van der Waals surface area (Å²) in [7, 11) is 0. The molecule has 0 amide bonds. The Labute approximate surface area is 384 Å². The van der Waals surface area contributed by atoms with Gasteiger partial charge >= 0.3 is 17.9 Å². The second kappa shape index (κ2) is 51.0. The minimum absolute atomic E-state index is 0.0909. The van der Waals surface area contributed by atoms with Crippen molar-refractivity contribution in [2.24, 2.45) is 0 Å². The molecule has 0 fully saturated rings. The minimum atomic E-state index is -0.793. The first-order valence-corrected chi connectivity index (χ1v) is 26.6. The standard InChI is InChI=1S/C56H100O6/c1-4-7-10-13-16-19-22-24-26-28-30-31-34-37-40-43-46-49-55(58)61-52-53(51-60-54(57)48-45-42-39-36-33-21-18-15-12-9-6-3)62-56(59)50-47-44-41-38-35-32-29-27-25-23-20-17-14-11-8-5-2/h15,18,24,26,30-31,37,40,53H,4-14,16-17,19-23,25,27-29,32-36,38-39,41-52H2,1-3H3/b18-15-,26-24-,31-30-,40-37-. The van der Waals surface area contributed by atoms with Crippen LogP contribution in [0.4, 0.5) is 0 Å². The maximum Gasteiger partial charge on any atom is 0.306 e. The molecule has 360 valence electrons. The number of ether oxygens (including phenoxy) is 3. The average Bonchev–Trinajstić information content (AvgIpc) is 3.27. The number of hydrogen-bond donors (Lipinski definition) is 0. The maximum atomic E-state index is 12.8. The van der Waals surface area contributed by atoms with E-state index in [2.05, 4.69) is 69.4 Å². The predicted octanol–water partition coefficient (Wildman–Crippen LogP) is 17.5. The summed E-state index contributed by atoms with van der Waals surface area (Å²) in [5, 5.41) is 0. The second-order valence-corrected chi connectivity index (χ2v) is 17.8. The molecule has 0 aliphatic carbocycles. The Kier molecular flexibility index (Phi) is 48.8. The molecule has 0 aromatic carbocycles. The molecule has 0 aliphatic heterocycles. The van der Waals surface area contributed by atoms with E-state index < -0.39 is 6.10 Å². The Morgan fingerprint density at radius 2 is 0.613 bits per heavy atom. The summed E-state index contributed by atoms with van der Waals surface area (Å²) in [4.78, 5) is 37.9. The molecule has 6 heteroatoms. The van der Waals surface area contributed by atoms with Gasteiger partial charge in [-0.25, -0.2) is 0 Å². The van der Waals surface area contributed by atoms with Gasteiger partial charge < -0.3 is 14.2 Å². The van der Waals surface area contributed by atoms with Gasteiger partial charge in [0.25, 0.3) is 0 Å². The average molecular weight is 869 g/mol. The van der Waals surface area contributed by atoms with E-state index in [0.29, 0.717) is 25.7 Å². The molecule has 0 radical (unpaired) electrons. The lowest BCUT2D eigenvalue weighted by atomic mass is 10.0. The van der Waals surface area contributed by atoms with E-state index in [0.717, 1.165) is 64.2 Å². The third-order valence-corrected chi connectivity index (χ3v) is 11.6. The third kappa shape index (κ3) is 48.4. The summed E-state index contributed by atoms with van der Waals surface area (Å²) < 4.78 is 16.8. The van der Waals surface area contributed by atoms with Crippen LogP contribution in [-0.2, 0) is 28.6 Å². The first kappa shape index (κ1) is 59.4. The Hall–Kier alpha value is -2.63. The molecular weight excluding hydrogens is 769 g/mol. The van der Waals surface area contributed by atoms with Gasteiger partial charge in [0.2, 0.25) is 0 Å². The van der Waals surface area contributed by atoms with Crippen LogP contribution in [0.15, 0.2) is 48.6 Å². The van der Waals surface area contributed by atoms with Gasteiger partial charge in [-0.3, -0.25) is 14.4 Å². The lowest BCUT2D eigenvalue weighted by molar-refractivity contribution is -0.167. The highest BCUT2D eigenvalue weighted by atomic mass is 16.6. The zero-order valence-electron chi connectivity index (χ0n) is 41.1. The minimum Gasteiger partial charge on any atom is -0.462 e. The van der Waals surface area contributed by atoms with Gasteiger partial charge in [-0.15, -0.1) is 0 Å². The lowest BCUT2D eigenvalue weighted by Gasteiger charge is -2.18. The van der Waals surface area contributed by atoms with E-state index >= 15 is 0 Å². The van der Waals surface area contributed by atoms with Gasteiger partial charge in [0, 0.05) is 19.3 Å². The van der Waals surface area contributed by atoms with E-state index in [4.69, 9.17) is 14.2 Å². The summed E-state index contributed by atoms with van der Waals surface area (Å²) in [6.07, 6.45) is 61.0. The summed E-state index contributed by atoms with van der Waals surface area (Å²) in [6, 6.07) is 0. The Balaban J connectivity index is 4.41. The van der Waals surface area contributed by atoms with Gasteiger partial charge in [0.1, 0.15) is 13.2 Å². The molecule has 6 nitrogen and oxygen atoms in total. The molecule has 0 heterocycles. The van der Waals surface area contributed by atoms with Crippen molar-refractivity contribution in [1.82, 2.24) is 0 Å². The zero-order valence-corrected chi connectivity index (χ0v) is 41.1. The Bertz CT molecular complexity index is 1090. The molecule has 0 saturated carbocycles. The molecule has 62 heavy (non-hydrogen) atoms. The van der Waals surface area contributed by atoms with Crippen molar-refractivity contribution < 1.29 is 28.6 Å². The molecule has 0 saturated heterocycles.